The first-order chi connectivity index (χ1) is 10.1. The summed E-state index contributed by atoms with van der Waals surface area (Å²) in [7, 11) is 2.15. The first-order valence-electron chi connectivity index (χ1n) is 7.20. The lowest BCUT2D eigenvalue weighted by Gasteiger charge is -2.33. The van der Waals surface area contributed by atoms with Crippen LogP contribution in [0.2, 0.25) is 5.02 Å². The molecule has 1 aromatic heterocycles. The van der Waals surface area contributed by atoms with Gasteiger partial charge in [-0.2, -0.15) is 0 Å². The fourth-order valence-corrected chi connectivity index (χ4v) is 3.42. The number of likely N-dealkylation sites (N-methyl/N-ethyl adjacent to an activating group) is 1. The molecule has 1 saturated heterocycles. The summed E-state index contributed by atoms with van der Waals surface area (Å²) in [5.74, 6) is 0.640. The monoisotopic (exact) mass is 329 g/mol. The average Bonchev–Trinajstić information content (AvgIpc) is 2.79. The van der Waals surface area contributed by atoms with Crippen LogP contribution < -0.4 is 0 Å². The lowest BCUT2D eigenvalue weighted by atomic mass is 10.0. The standard InChI is InChI=1S/C15H18Cl2FN3/c1-20-5-3-2-4-10(20)9-21-14-6-11(17)12(18)7-13(14)19-15(21)8-16/h6-7,10H,2-5,8-9H2,1H3. The van der Waals surface area contributed by atoms with Crippen LogP contribution in [0.3, 0.4) is 0 Å². The molecule has 0 spiro atoms. The van der Waals surface area contributed by atoms with Crippen LogP contribution in [-0.2, 0) is 12.4 Å². The van der Waals surface area contributed by atoms with Crippen LogP contribution in [0.1, 0.15) is 25.1 Å². The number of nitrogens with zero attached hydrogens (tertiary/aromatic N) is 3. The van der Waals surface area contributed by atoms with Gasteiger partial charge >= 0.3 is 0 Å². The molecule has 6 heteroatoms. The van der Waals surface area contributed by atoms with Crippen molar-refractivity contribution >= 4 is 34.2 Å². The first-order valence-corrected chi connectivity index (χ1v) is 8.11. The number of hydrogen-bond donors (Lipinski definition) is 0. The van der Waals surface area contributed by atoms with Crippen LogP contribution in [0, 0.1) is 5.82 Å². The minimum Gasteiger partial charge on any atom is -0.325 e. The third-order valence-corrected chi connectivity index (χ3v) is 4.83. The SMILES string of the molecule is CN1CCCCC1Cn1c(CCl)nc2cc(F)c(Cl)cc21. The maximum absolute atomic E-state index is 13.6. The van der Waals surface area contributed by atoms with E-state index in [1.165, 1.54) is 18.9 Å². The van der Waals surface area contributed by atoms with Crippen molar-refractivity contribution in [2.24, 2.45) is 0 Å². The normalized spacial score (nSPS) is 20.3. The maximum atomic E-state index is 13.6. The van der Waals surface area contributed by atoms with Crippen LogP contribution in [0.25, 0.3) is 11.0 Å². The van der Waals surface area contributed by atoms with E-state index in [1.807, 2.05) is 0 Å². The molecule has 1 fully saturated rings. The van der Waals surface area contributed by atoms with E-state index in [0.29, 0.717) is 17.4 Å². The Labute approximate surface area is 133 Å². The Morgan fingerprint density at radius 1 is 1.38 bits per heavy atom. The number of fused-ring (bicyclic) bond motifs is 1. The van der Waals surface area contributed by atoms with Gasteiger partial charge in [0.2, 0.25) is 0 Å². The van der Waals surface area contributed by atoms with E-state index in [1.54, 1.807) is 6.07 Å². The molecule has 1 aromatic carbocycles. The van der Waals surface area contributed by atoms with E-state index in [4.69, 9.17) is 23.2 Å². The highest BCUT2D eigenvalue weighted by atomic mass is 35.5. The second kappa shape index (κ2) is 6.11. The average molecular weight is 330 g/mol. The minimum atomic E-state index is -0.440. The lowest BCUT2D eigenvalue weighted by molar-refractivity contribution is 0.168. The summed E-state index contributed by atoms with van der Waals surface area (Å²) in [4.78, 5) is 6.81. The van der Waals surface area contributed by atoms with E-state index in [-0.39, 0.29) is 5.02 Å². The van der Waals surface area contributed by atoms with E-state index >= 15 is 0 Å². The lowest BCUT2D eigenvalue weighted by Crippen LogP contribution is -2.39. The summed E-state index contributed by atoms with van der Waals surface area (Å²) in [5, 5.41) is 0.127. The molecule has 0 amide bonds. The summed E-state index contributed by atoms with van der Waals surface area (Å²) in [6.45, 7) is 1.93. The van der Waals surface area contributed by atoms with Crippen molar-refractivity contribution in [1.29, 1.82) is 0 Å². The van der Waals surface area contributed by atoms with E-state index in [2.05, 4.69) is 21.5 Å². The Morgan fingerprint density at radius 3 is 2.90 bits per heavy atom. The van der Waals surface area contributed by atoms with Gasteiger partial charge in [0.25, 0.3) is 0 Å². The van der Waals surface area contributed by atoms with Crippen molar-refractivity contribution < 1.29 is 4.39 Å². The number of rotatable bonds is 3. The molecular formula is C15H18Cl2FN3. The van der Waals surface area contributed by atoms with Crippen molar-refractivity contribution in [2.45, 2.75) is 37.7 Å². The molecule has 1 atom stereocenters. The molecule has 1 unspecified atom stereocenters. The van der Waals surface area contributed by atoms with Crippen LogP contribution in [-0.4, -0.2) is 34.1 Å². The summed E-state index contributed by atoms with van der Waals surface area (Å²) in [6.07, 6.45) is 3.65. The van der Waals surface area contributed by atoms with Crippen LogP contribution in [0.5, 0.6) is 0 Å². The van der Waals surface area contributed by atoms with Gasteiger partial charge in [0, 0.05) is 18.7 Å². The highest BCUT2D eigenvalue weighted by Crippen LogP contribution is 2.26. The molecule has 0 aliphatic carbocycles. The molecule has 21 heavy (non-hydrogen) atoms. The smallest absolute Gasteiger partial charge is 0.144 e. The van der Waals surface area contributed by atoms with Gasteiger partial charge in [-0.05, 0) is 32.5 Å². The number of hydrogen-bond acceptors (Lipinski definition) is 2. The highest BCUT2D eigenvalue weighted by molar-refractivity contribution is 6.31. The third kappa shape index (κ3) is 2.89. The van der Waals surface area contributed by atoms with Gasteiger partial charge < -0.3 is 9.47 Å². The molecule has 0 N–H and O–H groups in total. The van der Waals surface area contributed by atoms with E-state index < -0.39 is 5.82 Å². The predicted molar refractivity (Wildman–Crippen MR) is 84.5 cm³/mol. The fourth-order valence-electron chi connectivity index (χ4n) is 3.06. The molecule has 0 saturated carbocycles. The largest absolute Gasteiger partial charge is 0.325 e. The molecule has 0 radical (unpaired) electrons. The van der Waals surface area contributed by atoms with Crippen molar-refractivity contribution in [3.63, 3.8) is 0 Å². The maximum Gasteiger partial charge on any atom is 0.144 e. The van der Waals surface area contributed by atoms with Gasteiger partial charge in [-0.1, -0.05) is 18.0 Å². The number of aromatic nitrogens is 2. The first kappa shape index (κ1) is 15.1. The van der Waals surface area contributed by atoms with Gasteiger partial charge in [-0.3, -0.25) is 0 Å². The fraction of sp³-hybridized carbons (Fsp3) is 0.533. The van der Waals surface area contributed by atoms with Gasteiger partial charge in [0.05, 0.1) is 21.9 Å². The Kier molecular flexibility index (Phi) is 4.38. The Balaban J connectivity index is 2.01. The quantitative estimate of drug-likeness (QED) is 0.792. The number of benzene rings is 1. The number of alkyl halides is 1. The number of piperidine rings is 1. The van der Waals surface area contributed by atoms with Gasteiger partial charge in [0.1, 0.15) is 11.6 Å². The summed E-state index contributed by atoms with van der Waals surface area (Å²) >= 11 is 11.9. The number of likely N-dealkylation sites (tertiary alicyclic amines) is 1. The number of halogens is 3. The summed E-state index contributed by atoms with van der Waals surface area (Å²) in [5.41, 5.74) is 1.47. The highest BCUT2D eigenvalue weighted by Gasteiger charge is 2.22. The predicted octanol–water partition coefficient (Wildman–Crippen LogP) is 4.05. The van der Waals surface area contributed by atoms with Gasteiger partial charge in [-0.25, -0.2) is 9.37 Å². The summed E-state index contributed by atoms with van der Waals surface area (Å²) in [6, 6.07) is 3.49. The second-order valence-electron chi connectivity index (χ2n) is 5.66. The zero-order chi connectivity index (χ0) is 15.0. The minimum absolute atomic E-state index is 0.127. The zero-order valence-electron chi connectivity index (χ0n) is 12.0. The van der Waals surface area contributed by atoms with Crippen LogP contribution in [0.4, 0.5) is 4.39 Å². The van der Waals surface area contributed by atoms with Gasteiger partial charge in [-0.15, -0.1) is 11.6 Å². The van der Waals surface area contributed by atoms with Gasteiger partial charge in [0.15, 0.2) is 0 Å². The second-order valence-corrected chi connectivity index (χ2v) is 6.33. The van der Waals surface area contributed by atoms with Crippen molar-refractivity contribution in [2.75, 3.05) is 13.6 Å². The summed E-state index contributed by atoms with van der Waals surface area (Å²) < 4.78 is 15.7. The molecular weight excluding hydrogens is 312 g/mol. The molecule has 1 aliphatic heterocycles. The number of imidazole rings is 1. The zero-order valence-corrected chi connectivity index (χ0v) is 13.5. The van der Waals surface area contributed by atoms with E-state index in [9.17, 15) is 4.39 Å². The molecule has 1 aliphatic rings. The topological polar surface area (TPSA) is 21.1 Å². The molecule has 114 valence electrons. The van der Waals surface area contributed by atoms with Crippen molar-refractivity contribution in [3.8, 4) is 0 Å². The molecule has 2 aromatic rings. The van der Waals surface area contributed by atoms with Crippen molar-refractivity contribution in [3.05, 3.63) is 28.8 Å². The van der Waals surface area contributed by atoms with Crippen LogP contribution in [0.15, 0.2) is 12.1 Å². The van der Waals surface area contributed by atoms with Crippen LogP contribution >= 0.6 is 23.2 Å². The third-order valence-electron chi connectivity index (χ3n) is 4.30. The molecule has 0 bridgehead atoms. The van der Waals surface area contributed by atoms with E-state index in [0.717, 1.165) is 30.9 Å². The molecule has 3 rings (SSSR count). The Bertz CT molecular complexity index is 656. The van der Waals surface area contributed by atoms with Crippen molar-refractivity contribution in [1.82, 2.24) is 14.5 Å². The Hall–Kier alpha value is -0.840. The Morgan fingerprint density at radius 2 is 2.19 bits per heavy atom. The molecule has 2 heterocycles. The molecule has 3 nitrogen and oxygen atoms in total.